The van der Waals surface area contributed by atoms with Crippen molar-refractivity contribution in [3.63, 3.8) is 0 Å². The summed E-state index contributed by atoms with van der Waals surface area (Å²) in [6.45, 7) is 3.26. The van der Waals surface area contributed by atoms with Crippen LogP contribution in [0.1, 0.15) is 33.1 Å². The number of hydrogen-bond donors (Lipinski definition) is 2. The molecule has 140 valence electrons. The maximum atomic E-state index is 12.5. The number of hydrogen-bond acceptors (Lipinski definition) is 6. The van der Waals surface area contributed by atoms with Gasteiger partial charge in [0.1, 0.15) is 10.6 Å². The first kappa shape index (κ1) is 20.8. The molecule has 10 heteroatoms. The smallest absolute Gasteiger partial charge is 0.306 e. The summed E-state index contributed by atoms with van der Waals surface area (Å²) in [7, 11) is -2.69. The molecule has 0 saturated carbocycles. The fraction of sp³-hybridized carbons (Fsp3) is 0.533. The molecule has 0 spiro atoms. The van der Waals surface area contributed by atoms with Crippen LogP contribution in [0.25, 0.3) is 0 Å². The lowest BCUT2D eigenvalue weighted by atomic mass is 10.0. The second-order valence-corrected chi connectivity index (χ2v) is 7.47. The molecule has 0 amide bonds. The fourth-order valence-corrected chi connectivity index (χ4v) is 3.66. The van der Waals surface area contributed by atoms with Gasteiger partial charge in [-0.1, -0.05) is 13.3 Å². The fourth-order valence-electron chi connectivity index (χ4n) is 2.23. The number of carboxylic acids is 1. The van der Waals surface area contributed by atoms with Crippen molar-refractivity contribution in [2.75, 3.05) is 7.11 Å². The molecule has 0 aromatic heterocycles. The highest BCUT2D eigenvalue weighted by atomic mass is 32.2. The molecule has 0 radical (unpaired) electrons. The predicted octanol–water partition coefficient (Wildman–Crippen LogP) is 2.16. The number of benzene rings is 1. The summed E-state index contributed by atoms with van der Waals surface area (Å²) in [5.74, 6) is -1.49. The van der Waals surface area contributed by atoms with E-state index < -0.39 is 32.9 Å². The van der Waals surface area contributed by atoms with Crippen molar-refractivity contribution in [3.8, 4) is 5.75 Å². The van der Waals surface area contributed by atoms with Gasteiger partial charge in [0.25, 0.3) is 5.69 Å². The molecule has 0 fully saturated rings. The Balaban J connectivity index is 2.81. The number of nitrogens with zero attached hydrogens (tertiary/aromatic N) is 1. The van der Waals surface area contributed by atoms with Gasteiger partial charge in [0.05, 0.1) is 24.0 Å². The summed E-state index contributed by atoms with van der Waals surface area (Å²) >= 11 is 0. The quantitative estimate of drug-likeness (QED) is 0.473. The molecule has 1 aromatic carbocycles. The summed E-state index contributed by atoms with van der Waals surface area (Å²) < 4.78 is 32.3. The van der Waals surface area contributed by atoms with Gasteiger partial charge in [0, 0.05) is 12.1 Å². The first-order valence-corrected chi connectivity index (χ1v) is 9.14. The van der Waals surface area contributed by atoms with E-state index in [1.165, 1.54) is 7.11 Å². The van der Waals surface area contributed by atoms with Crippen molar-refractivity contribution in [1.82, 2.24) is 4.72 Å². The van der Waals surface area contributed by atoms with Crippen LogP contribution in [0.2, 0.25) is 0 Å². The zero-order valence-corrected chi connectivity index (χ0v) is 15.1. The standard InChI is InChI=1S/C15H22N2O7S/c1-10(15(18)19)5-4-6-11(2)16-25(22,23)14-8-7-12(17(20)21)9-13(14)24-3/h7-11,16H,4-6H2,1-3H3,(H,18,19)/t10-,11-/m0/s1. The number of nitro benzene ring substituents is 1. The number of aliphatic carboxylic acids is 1. The Morgan fingerprint density at radius 3 is 2.52 bits per heavy atom. The topological polar surface area (TPSA) is 136 Å². The number of ether oxygens (including phenoxy) is 1. The van der Waals surface area contributed by atoms with Gasteiger partial charge in [-0.3, -0.25) is 14.9 Å². The van der Waals surface area contributed by atoms with Crippen molar-refractivity contribution < 1.29 is 28.0 Å². The molecule has 0 heterocycles. The summed E-state index contributed by atoms with van der Waals surface area (Å²) in [6.07, 6.45) is 1.46. The summed E-state index contributed by atoms with van der Waals surface area (Å²) in [4.78, 5) is 20.7. The van der Waals surface area contributed by atoms with Crippen LogP contribution in [0, 0.1) is 16.0 Å². The van der Waals surface area contributed by atoms with Crippen LogP contribution in [0.3, 0.4) is 0 Å². The van der Waals surface area contributed by atoms with Gasteiger partial charge < -0.3 is 9.84 Å². The van der Waals surface area contributed by atoms with E-state index in [0.29, 0.717) is 19.3 Å². The maximum absolute atomic E-state index is 12.5. The van der Waals surface area contributed by atoms with E-state index in [-0.39, 0.29) is 16.3 Å². The number of rotatable bonds is 10. The van der Waals surface area contributed by atoms with Gasteiger partial charge in [-0.2, -0.15) is 0 Å². The highest BCUT2D eigenvalue weighted by molar-refractivity contribution is 7.89. The molecule has 0 unspecified atom stereocenters. The SMILES string of the molecule is COc1cc([N+](=O)[O-])ccc1S(=O)(=O)N[C@@H](C)CCC[C@H](C)C(=O)O. The van der Waals surface area contributed by atoms with Crippen molar-refractivity contribution in [1.29, 1.82) is 0 Å². The normalized spacial score (nSPS) is 13.9. The van der Waals surface area contributed by atoms with E-state index in [1.807, 2.05) is 0 Å². The van der Waals surface area contributed by atoms with E-state index in [0.717, 1.165) is 18.2 Å². The van der Waals surface area contributed by atoms with E-state index in [1.54, 1.807) is 13.8 Å². The third-order valence-corrected chi connectivity index (χ3v) is 5.33. The summed E-state index contributed by atoms with van der Waals surface area (Å²) in [5, 5.41) is 19.6. The molecule has 0 aliphatic heterocycles. The van der Waals surface area contributed by atoms with Crippen LogP contribution in [-0.4, -0.2) is 37.6 Å². The van der Waals surface area contributed by atoms with Gasteiger partial charge in [0.2, 0.25) is 10.0 Å². The molecule has 2 N–H and O–H groups in total. The van der Waals surface area contributed by atoms with Gasteiger partial charge in [-0.15, -0.1) is 0 Å². The van der Waals surface area contributed by atoms with Crippen molar-refractivity contribution in [2.45, 2.75) is 44.0 Å². The van der Waals surface area contributed by atoms with E-state index >= 15 is 0 Å². The van der Waals surface area contributed by atoms with Crippen LogP contribution in [-0.2, 0) is 14.8 Å². The molecule has 9 nitrogen and oxygen atoms in total. The maximum Gasteiger partial charge on any atom is 0.306 e. The summed E-state index contributed by atoms with van der Waals surface area (Å²) in [6, 6.07) is 2.84. The molecule has 1 aromatic rings. The Kier molecular flexibility index (Phi) is 7.31. The monoisotopic (exact) mass is 374 g/mol. The molecule has 25 heavy (non-hydrogen) atoms. The minimum absolute atomic E-state index is 0.117. The Morgan fingerprint density at radius 1 is 1.36 bits per heavy atom. The van der Waals surface area contributed by atoms with Crippen LogP contribution < -0.4 is 9.46 Å². The van der Waals surface area contributed by atoms with Gasteiger partial charge in [-0.05, 0) is 25.8 Å². The molecule has 2 atom stereocenters. The average Bonchev–Trinajstić information content (AvgIpc) is 2.53. The van der Waals surface area contributed by atoms with Gasteiger partial charge >= 0.3 is 5.97 Å². The lowest BCUT2D eigenvalue weighted by Crippen LogP contribution is -2.33. The Labute approximate surface area is 146 Å². The number of nitro groups is 1. The largest absolute Gasteiger partial charge is 0.495 e. The van der Waals surface area contributed by atoms with E-state index in [4.69, 9.17) is 9.84 Å². The second kappa shape index (κ2) is 8.77. The molecule has 0 bridgehead atoms. The number of non-ortho nitro benzene ring substituents is 1. The predicted molar refractivity (Wildman–Crippen MR) is 90.1 cm³/mol. The van der Waals surface area contributed by atoms with Crippen LogP contribution in [0.4, 0.5) is 5.69 Å². The first-order chi connectivity index (χ1) is 11.6. The Hall–Kier alpha value is -2.20. The first-order valence-electron chi connectivity index (χ1n) is 7.66. The zero-order chi connectivity index (χ0) is 19.2. The van der Waals surface area contributed by atoms with E-state index in [9.17, 15) is 23.3 Å². The van der Waals surface area contributed by atoms with Crippen molar-refractivity contribution in [3.05, 3.63) is 28.3 Å². The lowest BCUT2D eigenvalue weighted by molar-refractivity contribution is -0.385. The molecular weight excluding hydrogens is 352 g/mol. The van der Waals surface area contributed by atoms with Gasteiger partial charge in [-0.25, -0.2) is 13.1 Å². The molecule has 0 saturated heterocycles. The molecule has 0 aliphatic carbocycles. The van der Waals surface area contributed by atoms with Crippen LogP contribution in [0.5, 0.6) is 5.75 Å². The number of sulfonamides is 1. The molecular formula is C15H22N2O7S. The molecule has 1 rings (SSSR count). The third kappa shape index (κ3) is 5.98. The lowest BCUT2D eigenvalue weighted by Gasteiger charge is -2.16. The number of nitrogens with one attached hydrogen (secondary N) is 1. The number of carbonyl (C=O) groups is 1. The minimum Gasteiger partial charge on any atom is -0.495 e. The van der Waals surface area contributed by atoms with Crippen LogP contribution in [0.15, 0.2) is 23.1 Å². The third-order valence-electron chi connectivity index (χ3n) is 3.70. The van der Waals surface area contributed by atoms with Crippen LogP contribution >= 0.6 is 0 Å². The van der Waals surface area contributed by atoms with Crippen molar-refractivity contribution >= 4 is 21.7 Å². The number of methoxy groups -OCH3 is 1. The number of carboxylic acid groups (broad SMARTS) is 1. The highest BCUT2D eigenvalue weighted by Crippen LogP contribution is 2.28. The Morgan fingerprint density at radius 2 is 2.00 bits per heavy atom. The summed E-state index contributed by atoms with van der Waals surface area (Å²) in [5.41, 5.74) is -0.272. The minimum atomic E-state index is -3.93. The molecule has 0 aliphatic rings. The second-order valence-electron chi connectivity index (χ2n) is 5.78. The Bertz CT molecular complexity index is 733. The average molecular weight is 374 g/mol. The van der Waals surface area contributed by atoms with Crippen molar-refractivity contribution in [2.24, 2.45) is 5.92 Å². The van der Waals surface area contributed by atoms with E-state index in [2.05, 4.69) is 4.72 Å². The zero-order valence-electron chi connectivity index (χ0n) is 14.3. The highest BCUT2D eigenvalue weighted by Gasteiger charge is 2.24. The van der Waals surface area contributed by atoms with Gasteiger partial charge in [0.15, 0.2) is 0 Å².